The number of aryl methyl sites for hydroxylation is 1. The Kier molecular flexibility index (Phi) is 7.18. The monoisotopic (exact) mass is 692 g/mol. The summed E-state index contributed by atoms with van der Waals surface area (Å²) in [6.07, 6.45) is 4.67. The van der Waals surface area contributed by atoms with Crippen molar-refractivity contribution in [1.82, 2.24) is 25.2 Å². The smallest absolute Gasteiger partial charge is 0.508 e. The van der Waals surface area contributed by atoms with Gasteiger partial charge in [-0.1, -0.05) is 12.0 Å². The number of halogens is 5. The van der Waals surface area contributed by atoms with Crippen molar-refractivity contribution in [3.8, 4) is 35.4 Å². The fourth-order valence-corrected chi connectivity index (χ4v) is 9.30. The SMILES string of the molecule is C#Cc1c(F)ccc2cc(O)cc(-c3nc4c5c(nc(OC[C@@]67CCCN6CC(OC(F)(F)F)C7)nc5c3F)N3C[C@H]5CC[C@H](N5)[C@H]3CC4)c12. The molecule has 0 saturated carbocycles. The van der Waals surface area contributed by atoms with Gasteiger partial charge in [-0.25, -0.2) is 13.8 Å². The molecule has 9 rings (SSSR count). The number of anilines is 1. The van der Waals surface area contributed by atoms with Gasteiger partial charge in [0.05, 0.1) is 28.3 Å². The summed E-state index contributed by atoms with van der Waals surface area (Å²) in [5, 5.41) is 15.5. The second-order valence-corrected chi connectivity index (χ2v) is 14.2. The lowest BCUT2D eigenvalue weighted by molar-refractivity contribution is -0.340. The second kappa shape index (κ2) is 11.3. The van der Waals surface area contributed by atoms with Crippen molar-refractivity contribution in [3.05, 3.63) is 47.2 Å². The topological polar surface area (TPSA) is 95.9 Å². The molecule has 4 saturated heterocycles. The molecule has 2 aromatic carbocycles. The maximum Gasteiger partial charge on any atom is 0.522 e. The maximum atomic E-state index is 17.1. The molecule has 0 amide bonds. The number of rotatable bonds is 5. The minimum atomic E-state index is -4.75. The first-order valence-corrected chi connectivity index (χ1v) is 17.0. The molecule has 1 unspecified atom stereocenters. The number of phenolic OH excluding ortho intramolecular Hbond substituents is 1. The molecule has 5 aliphatic rings. The van der Waals surface area contributed by atoms with Gasteiger partial charge in [-0.3, -0.25) is 9.64 Å². The van der Waals surface area contributed by atoms with Crippen LogP contribution in [0.15, 0.2) is 24.3 Å². The van der Waals surface area contributed by atoms with Crippen LogP contribution < -0.4 is 15.0 Å². The zero-order valence-corrected chi connectivity index (χ0v) is 26.9. The Morgan fingerprint density at radius 2 is 1.94 bits per heavy atom. The minimum absolute atomic E-state index is 0.000314. The van der Waals surface area contributed by atoms with Crippen LogP contribution in [0.4, 0.5) is 27.8 Å². The van der Waals surface area contributed by atoms with Crippen molar-refractivity contribution >= 4 is 27.5 Å². The fourth-order valence-electron chi connectivity index (χ4n) is 9.30. The summed E-state index contributed by atoms with van der Waals surface area (Å²) in [6.45, 7) is 1.39. The molecule has 2 aromatic heterocycles. The van der Waals surface area contributed by atoms with Crippen LogP contribution in [0.1, 0.15) is 49.8 Å². The van der Waals surface area contributed by atoms with Crippen molar-refractivity contribution < 1.29 is 36.5 Å². The van der Waals surface area contributed by atoms with E-state index < -0.39 is 29.6 Å². The summed E-state index contributed by atoms with van der Waals surface area (Å²) in [5.41, 5.74) is -0.299. The Bertz CT molecular complexity index is 2110. The lowest BCUT2D eigenvalue weighted by Crippen LogP contribution is -2.58. The number of pyridine rings is 1. The zero-order valence-electron chi connectivity index (χ0n) is 26.9. The summed E-state index contributed by atoms with van der Waals surface area (Å²) in [7, 11) is 0. The number of nitrogens with one attached hydrogen (secondary N) is 1. The predicted octanol–water partition coefficient (Wildman–Crippen LogP) is 5.59. The number of aromatic hydroxyl groups is 1. The maximum absolute atomic E-state index is 17.1. The van der Waals surface area contributed by atoms with Crippen LogP contribution in [0.2, 0.25) is 0 Å². The van der Waals surface area contributed by atoms with Gasteiger partial charge in [0.1, 0.15) is 35.2 Å². The Hall–Kier alpha value is -4.32. The molecular formula is C36H33F5N6O3. The number of terminal acetylenes is 1. The van der Waals surface area contributed by atoms with E-state index in [0.717, 1.165) is 19.3 Å². The number of ether oxygens (including phenoxy) is 2. The zero-order chi connectivity index (χ0) is 34.5. The number of alkyl halides is 3. The van der Waals surface area contributed by atoms with E-state index in [4.69, 9.17) is 21.1 Å². The number of aromatic nitrogens is 3. The van der Waals surface area contributed by atoms with Crippen molar-refractivity contribution in [2.24, 2.45) is 0 Å². The molecule has 0 spiro atoms. The lowest BCUT2D eigenvalue weighted by atomic mass is 9.94. The first kappa shape index (κ1) is 31.6. The van der Waals surface area contributed by atoms with Gasteiger partial charge < -0.3 is 20.1 Å². The third-order valence-electron chi connectivity index (χ3n) is 11.3. The number of benzene rings is 2. The largest absolute Gasteiger partial charge is 0.522 e. The van der Waals surface area contributed by atoms with Crippen molar-refractivity contribution in [2.45, 2.75) is 81.1 Å². The van der Waals surface area contributed by atoms with Crippen LogP contribution >= 0.6 is 0 Å². The van der Waals surface area contributed by atoms with Crippen LogP contribution in [0.3, 0.4) is 0 Å². The van der Waals surface area contributed by atoms with Crippen LogP contribution in [0.25, 0.3) is 32.9 Å². The molecule has 9 nitrogen and oxygen atoms in total. The molecule has 0 radical (unpaired) electrons. The van der Waals surface area contributed by atoms with E-state index in [-0.39, 0.29) is 77.2 Å². The van der Waals surface area contributed by atoms with E-state index >= 15 is 8.78 Å². The van der Waals surface area contributed by atoms with Crippen molar-refractivity contribution in [2.75, 3.05) is 31.1 Å². The number of fused-ring (bicyclic) bond motifs is 7. The molecule has 4 aromatic rings. The predicted molar refractivity (Wildman–Crippen MR) is 174 cm³/mol. The quantitative estimate of drug-likeness (QED) is 0.205. The third-order valence-corrected chi connectivity index (χ3v) is 11.3. The molecule has 0 aliphatic carbocycles. The van der Waals surface area contributed by atoms with Crippen LogP contribution in [-0.2, 0) is 11.2 Å². The minimum Gasteiger partial charge on any atom is -0.508 e. The van der Waals surface area contributed by atoms with Gasteiger partial charge in [0, 0.05) is 42.2 Å². The van der Waals surface area contributed by atoms with Crippen LogP contribution in [0.5, 0.6) is 11.8 Å². The van der Waals surface area contributed by atoms with Gasteiger partial charge in [0.25, 0.3) is 0 Å². The Labute approximate surface area is 283 Å². The van der Waals surface area contributed by atoms with Gasteiger partial charge in [-0.2, -0.15) is 9.97 Å². The van der Waals surface area contributed by atoms with E-state index in [2.05, 4.69) is 25.9 Å². The molecule has 50 heavy (non-hydrogen) atoms. The van der Waals surface area contributed by atoms with E-state index in [1.165, 1.54) is 24.3 Å². The van der Waals surface area contributed by atoms with Gasteiger partial charge in [-0.15, -0.1) is 19.6 Å². The molecule has 4 fully saturated rings. The van der Waals surface area contributed by atoms with Gasteiger partial charge in [-0.05, 0) is 75.1 Å². The van der Waals surface area contributed by atoms with E-state index in [0.29, 0.717) is 54.6 Å². The summed E-state index contributed by atoms with van der Waals surface area (Å²) in [6, 6.07) is 5.80. The van der Waals surface area contributed by atoms with Gasteiger partial charge in [0.15, 0.2) is 5.82 Å². The standard InChI is InChI=1S/C36H33F5N6O3/c1-2-22-24(37)6-4-18-12-20(48)13-23(28(18)22)31-30(38)32-29-26(43-31)8-9-27-25-7-5-19(42-25)15-47(27)33(29)45-34(44-32)49-17-35-10-3-11-46(35)16-21(14-35)50-36(39,40)41/h1,4,6,12-13,19,21,25,27,42,48H,3,5,7-11,14-17H2/t19-,21?,25+,27-,35+/m1/s1. The molecular weight excluding hydrogens is 659 g/mol. The number of piperazine rings is 1. The number of hydrogen-bond acceptors (Lipinski definition) is 9. The average Bonchev–Trinajstić information content (AvgIpc) is 3.71. The highest BCUT2D eigenvalue weighted by molar-refractivity contribution is 6.03. The molecule has 2 N–H and O–H groups in total. The molecule has 7 heterocycles. The Morgan fingerprint density at radius 1 is 1.08 bits per heavy atom. The number of phenols is 1. The highest BCUT2D eigenvalue weighted by atomic mass is 19.4. The summed E-state index contributed by atoms with van der Waals surface area (Å²) in [5.74, 6) is 1.22. The molecule has 14 heteroatoms. The number of nitrogens with zero attached hydrogens (tertiary/aromatic N) is 5. The van der Waals surface area contributed by atoms with Crippen molar-refractivity contribution in [1.29, 1.82) is 0 Å². The van der Waals surface area contributed by atoms with E-state index in [1.54, 1.807) is 0 Å². The normalized spacial score (nSPS) is 27.4. The third kappa shape index (κ3) is 5.04. The van der Waals surface area contributed by atoms with Gasteiger partial charge >= 0.3 is 12.4 Å². The molecule has 260 valence electrons. The molecule has 2 bridgehead atoms. The Balaban J connectivity index is 1.19. The average molecular weight is 693 g/mol. The van der Waals surface area contributed by atoms with Crippen LogP contribution in [0, 0.1) is 24.0 Å². The summed E-state index contributed by atoms with van der Waals surface area (Å²) >= 11 is 0. The first-order valence-electron chi connectivity index (χ1n) is 17.0. The van der Waals surface area contributed by atoms with Crippen molar-refractivity contribution in [3.63, 3.8) is 0 Å². The summed E-state index contributed by atoms with van der Waals surface area (Å²) < 4.78 is 82.2. The molecule has 5 atom stereocenters. The lowest BCUT2D eigenvalue weighted by Gasteiger charge is -2.41. The highest BCUT2D eigenvalue weighted by Crippen LogP contribution is 2.45. The van der Waals surface area contributed by atoms with Gasteiger partial charge in [0.2, 0.25) is 0 Å². The Morgan fingerprint density at radius 3 is 2.76 bits per heavy atom. The van der Waals surface area contributed by atoms with E-state index in [9.17, 15) is 18.3 Å². The summed E-state index contributed by atoms with van der Waals surface area (Å²) in [4.78, 5) is 18.5. The van der Waals surface area contributed by atoms with E-state index in [1.807, 2.05) is 4.90 Å². The van der Waals surface area contributed by atoms with Crippen LogP contribution in [-0.4, -0.2) is 87.3 Å². The fraction of sp³-hybridized carbons (Fsp3) is 0.472. The second-order valence-electron chi connectivity index (χ2n) is 14.2. The highest BCUT2D eigenvalue weighted by Gasteiger charge is 2.52. The molecule has 5 aliphatic heterocycles. The first-order chi connectivity index (χ1) is 24.0. The number of hydrogen-bond donors (Lipinski definition) is 2.